The van der Waals surface area contributed by atoms with Crippen LogP contribution in [0.25, 0.3) is 11.2 Å². The van der Waals surface area contributed by atoms with E-state index in [1.807, 2.05) is 6.92 Å². The molecule has 5 atom stereocenters. The lowest BCUT2D eigenvalue weighted by atomic mass is 10.1. The number of unbranched alkanes of at least 4 members (excludes halogenated alkanes) is 1. The zero-order valence-corrected chi connectivity index (χ0v) is 19.3. The summed E-state index contributed by atoms with van der Waals surface area (Å²) in [5, 5.41) is 21.4. The van der Waals surface area contributed by atoms with Gasteiger partial charge in [0, 0.05) is 5.75 Å². The number of nitrogens with zero attached hydrogens (tertiary/aromatic N) is 4. The second kappa shape index (κ2) is 9.99. The van der Waals surface area contributed by atoms with Crippen LogP contribution in [-0.2, 0) is 22.7 Å². The van der Waals surface area contributed by atoms with Crippen molar-refractivity contribution < 1.29 is 47.6 Å². The summed E-state index contributed by atoms with van der Waals surface area (Å²) in [7, 11) is -10.5. The van der Waals surface area contributed by atoms with Crippen LogP contribution in [0, 0.1) is 0 Å². The van der Waals surface area contributed by atoms with Gasteiger partial charge in [0.1, 0.15) is 24.6 Å². The van der Waals surface area contributed by atoms with Gasteiger partial charge in [0.2, 0.25) is 0 Å². The van der Waals surface area contributed by atoms with Crippen LogP contribution >= 0.6 is 27.4 Å². The third-order valence-electron chi connectivity index (χ3n) is 4.41. The average Bonchev–Trinajstić information content (AvgIpc) is 3.17. The van der Waals surface area contributed by atoms with Crippen molar-refractivity contribution in [1.82, 2.24) is 19.5 Å². The van der Waals surface area contributed by atoms with Crippen LogP contribution < -0.4 is 5.73 Å². The molecule has 1 fully saturated rings. The normalized spacial score (nSPS) is 25.9. The number of hydrogen-bond acceptors (Lipinski definition) is 12. The molecular weight excluding hydrogens is 492 g/mol. The van der Waals surface area contributed by atoms with Gasteiger partial charge in [0.15, 0.2) is 28.4 Å². The maximum atomic E-state index is 11.7. The highest BCUT2D eigenvalue weighted by Crippen LogP contribution is 2.57. The van der Waals surface area contributed by atoms with E-state index in [0.29, 0.717) is 10.9 Å². The van der Waals surface area contributed by atoms with Crippen LogP contribution in [0.3, 0.4) is 0 Å². The minimum Gasteiger partial charge on any atom is -0.387 e. The Balaban J connectivity index is 1.85. The molecule has 0 radical (unpaired) electrons. The van der Waals surface area contributed by atoms with Gasteiger partial charge in [-0.3, -0.25) is 9.09 Å². The van der Waals surface area contributed by atoms with Gasteiger partial charge in [-0.1, -0.05) is 25.1 Å². The molecule has 0 aromatic carbocycles. The lowest BCUT2D eigenvalue weighted by Gasteiger charge is -2.19. The van der Waals surface area contributed by atoms with Crippen molar-refractivity contribution in [1.29, 1.82) is 0 Å². The number of nitrogens with two attached hydrogens (primary N) is 1. The summed E-state index contributed by atoms with van der Waals surface area (Å²) in [6, 6.07) is 0. The van der Waals surface area contributed by atoms with Crippen molar-refractivity contribution in [2.24, 2.45) is 0 Å². The van der Waals surface area contributed by atoms with Crippen molar-refractivity contribution in [2.45, 2.75) is 49.5 Å². The van der Waals surface area contributed by atoms with E-state index in [0.717, 1.165) is 12.8 Å². The number of aliphatic hydroxyl groups is 2. The van der Waals surface area contributed by atoms with E-state index < -0.39 is 46.8 Å². The Kier molecular flexibility index (Phi) is 7.95. The minimum atomic E-state index is -5.31. The number of aliphatic hydroxyl groups excluding tert-OH is 2. The highest BCUT2D eigenvalue weighted by atomic mass is 32.2. The van der Waals surface area contributed by atoms with Crippen LogP contribution in [-0.4, -0.2) is 75.1 Å². The Morgan fingerprint density at radius 3 is 2.62 bits per heavy atom. The van der Waals surface area contributed by atoms with E-state index in [4.69, 9.17) is 20.3 Å². The lowest BCUT2D eigenvalue weighted by Crippen LogP contribution is -2.33. The third kappa shape index (κ3) is 5.85. The molecule has 7 N–H and O–H groups in total. The van der Waals surface area contributed by atoms with E-state index in [2.05, 4.69) is 23.8 Å². The zero-order chi connectivity index (χ0) is 23.7. The van der Waals surface area contributed by atoms with Crippen LogP contribution in [0.5, 0.6) is 0 Å². The van der Waals surface area contributed by atoms with Gasteiger partial charge in [-0.05, 0) is 6.42 Å². The Morgan fingerprint density at radius 1 is 1.25 bits per heavy atom. The van der Waals surface area contributed by atoms with Gasteiger partial charge >= 0.3 is 15.6 Å². The van der Waals surface area contributed by atoms with Gasteiger partial charge < -0.3 is 35.4 Å². The largest absolute Gasteiger partial charge is 0.481 e. The first-order chi connectivity index (χ1) is 14.9. The fourth-order valence-electron chi connectivity index (χ4n) is 2.95. The molecule has 0 aliphatic carbocycles. The predicted molar refractivity (Wildman–Crippen MR) is 110 cm³/mol. The number of phosphoric acid groups is 2. The molecule has 18 heteroatoms. The molecule has 0 amide bonds. The van der Waals surface area contributed by atoms with Gasteiger partial charge in [-0.2, -0.15) is 4.31 Å². The van der Waals surface area contributed by atoms with Crippen molar-refractivity contribution >= 4 is 44.4 Å². The second-order valence-corrected chi connectivity index (χ2v) is 10.7. The molecule has 1 unspecified atom stereocenters. The van der Waals surface area contributed by atoms with Crippen LogP contribution in [0.1, 0.15) is 26.0 Å². The molecule has 0 saturated carbocycles. The fourth-order valence-corrected chi connectivity index (χ4v) is 5.65. The van der Waals surface area contributed by atoms with Crippen LogP contribution in [0.4, 0.5) is 5.82 Å². The second-order valence-electron chi connectivity index (χ2n) is 6.78. The fraction of sp³-hybridized carbons (Fsp3) is 0.643. The van der Waals surface area contributed by atoms with E-state index in [9.17, 15) is 24.2 Å². The number of phosphoric ester groups is 1. The summed E-state index contributed by atoms with van der Waals surface area (Å²) in [5.74, 6) is 0.799. The molecule has 1 aliphatic heterocycles. The van der Waals surface area contributed by atoms with Gasteiger partial charge in [-0.25, -0.2) is 24.1 Å². The molecule has 0 bridgehead atoms. The van der Waals surface area contributed by atoms with Crippen molar-refractivity contribution in [2.75, 3.05) is 18.1 Å². The maximum Gasteiger partial charge on any atom is 0.481 e. The summed E-state index contributed by atoms with van der Waals surface area (Å²) < 4.78 is 37.7. The molecule has 2 aromatic rings. The van der Waals surface area contributed by atoms with E-state index in [-0.39, 0.29) is 17.0 Å². The number of fused-ring (bicyclic) bond motifs is 1. The maximum absolute atomic E-state index is 11.7. The topological polar surface area (TPSA) is 233 Å². The molecule has 180 valence electrons. The van der Waals surface area contributed by atoms with Crippen molar-refractivity contribution in [3.05, 3.63) is 6.33 Å². The third-order valence-corrected chi connectivity index (χ3v) is 7.60. The number of anilines is 1. The van der Waals surface area contributed by atoms with Crippen molar-refractivity contribution in [3.63, 3.8) is 0 Å². The molecule has 3 rings (SSSR count). The number of hydrogen-bond donors (Lipinski definition) is 6. The Morgan fingerprint density at radius 2 is 1.97 bits per heavy atom. The number of thioether (sulfide) groups is 1. The summed E-state index contributed by atoms with van der Waals surface area (Å²) >= 11 is 1.35. The summed E-state index contributed by atoms with van der Waals surface area (Å²) in [4.78, 5) is 39.2. The highest BCUT2D eigenvalue weighted by molar-refractivity contribution is 7.99. The van der Waals surface area contributed by atoms with Crippen LogP contribution in [0.2, 0.25) is 0 Å². The molecular formula is C14H23N5O10P2S. The Bertz CT molecular complexity index is 1050. The Hall–Kier alpha value is -1.16. The van der Waals surface area contributed by atoms with E-state index >= 15 is 0 Å². The molecule has 3 heterocycles. The van der Waals surface area contributed by atoms with E-state index in [1.165, 1.54) is 22.7 Å². The summed E-state index contributed by atoms with van der Waals surface area (Å²) in [6.45, 7) is 1.21. The number of rotatable bonds is 10. The number of aromatic nitrogens is 4. The molecule has 15 nitrogen and oxygen atoms in total. The number of nitrogen functional groups attached to an aromatic ring is 1. The first-order valence-electron chi connectivity index (χ1n) is 9.30. The lowest BCUT2D eigenvalue weighted by molar-refractivity contribution is -0.0540. The van der Waals surface area contributed by atoms with Gasteiger partial charge in [0.05, 0.1) is 6.61 Å². The molecule has 0 spiro atoms. The Labute approximate surface area is 185 Å². The van der Waals surface area contributed by atoms with E-state index in [1.54, 1.807) is 0 Å². The summed E-state index contributed by atoms with van der Waals surface area (Å²) in [5.41, 5.74) is 6.39. The highest BCUT2D eigenvalue weighted by Gasteiger charge is 2.46. The van der Waals surface area contributed by atoms with Crippen LogP contribution in [0.15, 0.2) is 11.5 Å². The summed E-state index contributed by atoms with van der Waals surface area (Å²) in [6.07, 6.45) is -2.65. The van der Waals surface area contributed by atoms with Gasteiger partial charge in [-0.15, -0.1) is 0 Å². The first kappa shape index (κ1) is 25.5. The molecule has 1 aliphatic rings. The quantitative estimate of drug-likeness (QED) is 0.140. The SMILES string of the molecule is CCCCSc1nc2c(N)ncnc2n1[C@@H]1O[C@H](COP(=O)(O)OP(=O)(O)O)[C@@H](O)[C@H]1O. The number of ether oxygens (including phenoxy) is 1. The first-order valence-corrected chi connectivity index (χ1v) is 13.3. The van der Waals surface area contributed by atoms with Crippen molar-refractivity contribution in [3.8, 4) is 0 Å². The standard InChI is InChI=1S/C14H23N5O10P2S/c1-2-3-4-32-14-18-8-11(15)16-6-17-12(8)19(14)13-10(21)9(20)7(28-13)5-27-31(25,26)29-30(22,23)24/h6-7,9-10,13,20-21H,2-5H2,1H3,(H,25,26)(H2,15,16,17)(H2,22,23,24)/t7-,9-,10-,13-/m1/s1. The zero-order valence-electron chi connectivity index (χ0n) is 16.7. The average molecular weight is 515 g/mol. The minimum absolute atomic E-state index is 0.106. The smallest absolute Gasteiger partial charge is 0.387 e. The molecule has 32 heavy (non-hydrogen) atoms. The monoisotopic (exact) mass is 515 g/mol. The predicted octanol–water partition coefficient (Wildman–Crippen LogP) is 0.146. The van der Waals surface area contributed by atoms with Gasteiger partial charge in [0.25, 0.3) is 0 Å². The molecule has 1 saturated heterocycles. The molecule has 2 aromatic heterocycles. The number of imidazole rings is 1.